The van der Waals surface area contributed by atoms with Crippen LogP contribution in [0, 0.1) is 0 Å². The summed E-state index contributed by atoms with van der Waals surface area (Å²) in [5.41, 5.74) is 6.65. The van der Waals surface area contributed by atoms with Gasteiger partial charge in [0.15, 0.2) is 0 Å². The van der Waals surface area contributed by atoms with Gasteiger partial charge in [-0.05, 0) is 23.6 Å². The third-order valence-corrected chi connectivity index (χ3v) is 3.43. The van der Waals surface area contributed by atoms with Crippen molar-refractivity contribution in [3.63, 3.8) is 0 Å². The van der Waals surface area contributed by atoms with Gasteiger partial charge in [-0.1, -0.05) is 38.2 Å². The normalized spacial score (nSPS) is 10.5. The van der Waals surface area contributed by atoms with Crippen LogP contribution in [0.3, 0.4) is 0 Å². The average Bonchev–Trinajstić information content (AvgIpc) is 2.44. The summed E-state index contributed by atoms with van der Waals surface area (Å²) in [6.07, 6.45) is 0.897. The van der Waals surface area contributed by atoms with E-state index in [9.17, 15) is 4.79 Å². The second kappa shape index (κ2) is 8.62. The molecule has 0 heterocycles. The number of carbonyl (C=O) groups excluding carboxylic acids is 1. The molecule has 0 fully saturated rings. The number of thiocarbonyl (C=S) groups is 1. The molecule has 0 aliphatic rings. The van der Waals surface area contributed by atoms with Gasteiger partial charge < -0.3 is 15.4 Å². The zero-order valence-corrected chi connectivity index (χ0v) is 13.8. The Balaban J connectivity index is 2.37. The molecule has 0 aromatic heterocycles. The zero-order chi connectivity index (χ0) is 15.8. The summed E-state index contributed by atoms with van der Waals surface area (Å²) in [6.45, 7) is 5.20. The van der Waals surface area contributed by atoms with Crippen LogP contribution in [-0.4, -0.2) is 36.0 Å². The van der Waals surface area contributed by atoms with E-state index in [2.05, 4.69) is 19.9 Å². The Morgan fingerprint density at radius 3 is 2.71 bits per heavy atom. The van der Waals surface area contributed by atoms with Crippen LogP contribution in [0.5, 0.6) is 5.75 Å². The van der Waals surface area contributed by atoms with E-state index in [4.69, 9.17) is 22.7 Å². The predicted octanol–water partition coefficient (Wildman–Crippen LogP) is 2.71. The molecule has 1 aromatic rings. The molecule has 0 unspecified atom stereocenters. The first kappa shape index (κ1) is 17.4. The Kier molecular flexibility index (Phi) is 7.15. The maximum Gasteiger partial charge on any atom is 0.225 e. The summed E-state index contributed by atoms with van der Waals surface area (Å²) in [5, 5.41) is 0. The van der Waals surface area contributed by atoms with Crippen LogP contribution in [0.4, 0.5) is 0 Å². The molecule has 2 N–H and O–H groups in total. The number of ether oxygens (including phenoxy) is 1. The topological polar surface area (TPSA) is 55.6 Å². The standard InChI is InChI=1S/C16H24N2O2S/c1-12(2)13-5-4-6-14(11-13)20-10-8-16(19)18(3)9-7-15(17)21/h4-6,11-12H,7-10H2,1-3H3,(H2,17,21). The first-order chi connectivity index (χ1) is 9.90. The van der Waals surface area contributed by atoms with Crippen LogP contribution in [-0.2, 0) is 4.79 Å². The fourth-order valence-corrected chi connectivity index (χ4v) is 1.90. The molecule has 5 heteroatoms. The van der Waals surface area contributed by atoms with E-state index in [0.29, 0.717) is 36.9 Å². The largest absolute Gasteiger partial charge is 0.493 e. The van der Waals surface area contributed by atoms with Gasteiger partial charge in [0.25, 0.3) is 0 Å². The molecule has 116 valence electrons. The second-order valence-electron chi connectivity index (χ2n) is 5.36. The lowest BCUT2D eigenvalue weighted by Crippen LogP contribution is -2.30. The second-order valence-corrected chi connectivity index (χ2v) is 5.88. The Hall–Kier alpha value is -1.62. The lowest BCUT2D eigenvalue weighted by atomic mass is 10.0. The van der Waals surface area contributed by atoms with E-state index >= 15 is 0 Å². The van der Waals surface area contributed by atoms with Crippen molar-refractivity contribution in [1.82, 2.24) is 4.90 Å². The molecule has 0 saturated carbocycles. The van der Waals surface area contributed by atoms with E-state index in [1.807, 2.05) is 18.2 Å². The number of carbonyl (C=O) groups is 1. The molecule has 4 nitrogen and oxygen atoms in total. The van der Waals surface area contributed by atoms with Crippen molar-refractivity contribution >= 4 is 23.1 Å². The van der Waals surface area contributed by atoms with E-state index in [1.54, 1.807) is 11.9 Å². The van der Waals surface area contributed by atoms with E-state index in [1.165, 1.54) is 5.56 Å². The zero-order valence-electron chi connectivity index (χ0n) is 13.0. The lowest BCUT2D eigenvalue weighted by molar-refractivity contribution is -0.130. The average molecular weight is 308 g/mol. The van der Waals surface area contributed by atoms with Crippen molar-refractivity contribution in [2.75, 3.05) is 20.2 Å². The molecule has 0 saturated heterocycles. The summed E-state index contributed by atoms with van der Waals surface area (Å²) >= 11 is 4.80. The van der Waals surface area contributed by atoms with Crippen LogP contribution in [0.25, 0.3) is 0 Å². The quantitative estimate of drug-likeness (QED) is 0.750. The van der Waals surface area contributed by atoms with Crippen molar-refractivity contribution in [1.29, 1.82) is 0 Å². The van der Waals surface area contributed by atoms with E-state index in [0.717, 1.165) is 5.75 Å². The molecule has 0 spiro atoms. The Bertz CT molecular complexity index is 489. The number of nitrogens with zero attached hydrogens (tertiary/aromatic N) is 1. The minimum atomic E-state index is 0.0336. The smallest absolute Gasteiger partial charge is 0.225 e. The highest BCUT2D eigenvalue weighted by atomic mass is 32.1. The summed E-state index contributed by atoms with van der Waals surface area (Å²) in [6, 6.07) is 7.98. The van der Waals surface area contributed by atoms with Gasteiger partial charge in [0, 0.05) is 20.0 Å². The maximum absolute atomic E-state index is 11.9. The van der Waals surface area contributed by atoms with E-state index in [-0.39, 0.29) is 5.91 Å². The van der Waals surface area contributed by atoms with Gasteiger partial charge in [-0.15, -0.1) is 0 Å². The van der Waals surface area contributed by atoms with Gasteiger partial charge in [0.1, 0.15) is 5.75 Å². The highest BCUT2D eigenvalue weighted by molar-refractivity contribution is 7.80. The number of hydrogen-bond acceptors (Lipinski definition) is 3. The van der Waals surface area contributed by atoms with Crippen LogP contribution in [0.2, 0.25) is 0 Å². The highest BCUT2D eigenvalue weighted by Crippen LogP contribution is 2.20. The van der Waals surface area contributed by atoms with Gasteiger partial charge in [-0.25, -0.2) is 0 Å². The van der Waals surface area contributed by atoms with Gasteiger partial charge in [-0.2, -0.15) is 0 Å². The number of benzene rings is 1. The van der Waals surface area contributed by atoms with Crippen molar-refractivity contribution < 1.29 is 9.53 Å². The summed E-state index contributed by atoms with van der Waals surface area (Å²) in [5.74, 6) is 1.30. The summed E-state index contributed by atoms with van der Waals surface area (Å²) < 4.78 is 5.65. The molecule has 0 atom stereocenters. The SMILES string of the molecule is CC(C)c1cccc(OCCC(=O)N(C)CCC(N)=S)c1. The van der Waals surface area contributed by atoms with Crippen LogP contribution in [0.1, 0.15) is 38.2 Å². The molecule has 0 aliphatic heterocycles. The Morgan fingerprint density at radius 2 is 2.10 bits per heavy atom. The molecule has 0 radical (unpaired) electrons. The van der Waals surface area contributed by atoms with E-state index < -0.39 is 0 Å². The predicted molar refractivity (Wildman–Crippen MR) is 89.7 cm³/mol. The summed E-state index contributed by atoms with van der Waals surface area (Å²) in [7, 11) is 1.75. The van der Waals surface area contributed by atoms with Gasteiger partial charge in [-0.3, -0.25) is 4.79 Å². The fourth-order valence-electron chi connectivity index (χ4n) is 1.81. The highest BCUT2D eigenvalue weighted by Gasteiger charge is 2.09. The molecule has 21 heavy (non-hydrogen) atoms. The van der Waals surface area contributed by atoms with Crippen LogP contribution < -0.4 is 10.5 Å². The number of hydrogen-bond donors (Lipinski definition) is 1. The molecule has 1 rings (SSSR count). The summed E-state index contributed by atoms with van der Waals surface area (Å²) in [4.78, 5) is 13.9. The maximum atomic E-state index is 11.9. The number of nitrogens with two attached hydrogens (primary N) is 1. The van der Waals surface area contributed by atoms with Gasteiger partial charge in [0.2, 0.25) is 5.91 Å². The van der Waals surface area contributed by atoms with Crippen LogP contribution in [0.15, 0.2) is 24.3 Å². The third-order valence-electron chi connectivity index (χ3n) is 3.23. The monoisotopic (exact) mass is 308 g/mol. The molecule has 0 aliphatic carbocycles. The van der Waals surface area contributed by atoms with Gasteiger partial charge in [0.05, 0.1) is 18.0 Å². The molecular formula is C16H24N2O2S. The van der Waals surface area contributed by atoms with Gasteiger partial charge >= 0.3 is 0 Å². The first-order valence-electron chi connectivity index (χ1n) is 7.15. The van der Waals surface area contributed by atoms with Crippen LogP contribution >= 0.6 is 12.2 Å². The fraction of sp³-hybridized carbons (Fsp3) is 0.500. The van der Waals surface area contributed by atoms with Crippen molar-refractivity contribution in [2.45, 2.75) is 32.6 Å². The first-order valence-corrected chi connectivity index (χ1v) is 7.56. The Morgan fingerprint density at radius 1 is 1.38 bits per heavy atom. The van der Waals surface area contributed by atoms with Crippen molar-refractivity contribution in [2.24, 2.45) is 5.73 Å². The Labute approximate surface area is 132 Å². The molecule has 1 amide bonds. The van der Waals surface area contributed by atoms with Crippen molar-refractivity contribution in [3.05, 3.63) is 29.8 Å². The molecule has 1 aromatic carbocycles. The number of rotatable bonds is 8. The minimum Gasteiger partial charge on any atom is -0.493 e. The minimum absolute atomic E-state index is 0.0336. The molecular weight excluding hydrogens is 284 g/mol. The number of amides is 1. The molecule has 0 bridgehead atoms. The lowest BCUT2D eigenvalue weighted by Gasteiger charge is -2.17. The van der Waals surface area contributed by atoms with Crippen molar-refractivity contribution in [3.8, 4) is 5.75 Å². The third kappa shape index (κ3) is 6.58.